The van der Waals surface area contributed by atoms with Crippen molar-refractivity contribution in [3.8, 4) is 5.75 Å². The minimum absolute atomic E-state index is 0.524. The van der Waals surface area contributed by atoms with Crippen LogP contribution in [-0.2, 0) is 13.1 Å². The van der Waals surface area contributed by atoms with Gasteiger partial charge in [-0.1, -0.05) is 31.9 Å². The molecule has 0 radical (unpaired) electrons. The zero-order valence-electron chi connectivity index (χ0n) is 11.9. The van der Waals surface area contributed by atoms with Crippen LogP contribution in [0.15, 0.2) is 18.2 Å². The van der Waals surface area contributed by atoms with Crippen LogP contribution in [0.1, 0.15) is 37.3 Å². The molecule has 0 unspecified atom stereocenters. The van der Waals surface area contributed by atoms with Gasteiger partial charge in [-0.15, -0.1) is 0 Å². The zero-order valence-corrected chi connectivity index (χ0v) is 11.9. The standard InChI is InChI=1S/C15H26N2O/c1-4-5-6-9-17(2)12-13-7-8-14(11-16)15(10-13)18-3/h7-8,10H,4-6,9,11-12,16H2,1-3H3. The Kier molecular flexibility index (Phi) is 6.76. The average molecular weight is 250 g/mol. The SMILES string of the molecule is CCCCCN(C)Cc1ccc(CN)c(OC)c1. The second kappa shape index (κ2) is 8.11. The topological polar surface area (TPSA) is 38.5 Å². The van der Waals surface area contributed by atoms with Gasteiger partial charge in [-0.25, -0.2) is 0 Å². The summed E-state index contributed by atoms with van der Waals surface area (Å²) in [6, 6.07) is 6.30. The Morgan fingerprint density at radius 3 is 2.67 bits per heavy atom. The maximum atomic E-state index is 5.67. The van der Waals surface area contributed by atoms with Gasteiger partial charge in [-0.3, -0.25) is 0 Å². The molecular weight excluding hydrogens is 224 g/mol. The molecular formula is C15H26N2O. The number of benzene rings is 1. The lowest BCUT2D eigenvalue weighted by Gasteiger charge is -2.17. The van der Waals surface area contributed by atoms with E-state index in [0.29, 0.717) is 6.54 Å². The summed E-state index contributed by atoms with van der Waals surface area (Å²) >= 11 is 0. The first kappa shape index (κ1) is 15.0. The third-order valence-electron chi connectivity index (χ3n) is 3.17. The molecule has 0 saturated carbocycles. The molecule has 1 rings (SSSR count). The van der Waals surface area contributed by atoms with E-state index in [1.807, 2.05) is 0 Å². The van der Waals surface area contributed by atoms with Gasteiger partial charge in [0.25, 0.3) is 0 Å². The van der Waals surface area contributed by atoms with Gasteiger partial charge in [-0.05, 0) is 31.6 Å². The van der Waals surface area contributed by atoms with Crippen LogP contribution in [0.25, 0.3) is 0 Å². The Bertz CT molecular complexity index is 352. The number of hydrogen-bond donors (Lipinski definition) is 1. The number of methoxy groups -OCH3 is 1. The minimum atomic E-state index is 0.524. The molecule has 0 atom stereocenters. The van der Waals surface area contributed by atoms with Crippen molar-refractivity contribution < 1.29 is 4.74 Å². The smallest absolute Gasteiger partial charge is 0.123 e. The third kappa shape index (κ3) is 4.67. The Balaban J connectivity index is 2.56. The van der Waals surface area contributed by atoms with Gasteiger partial charge >= 0.3 is 0 Å². The molecule has 1 aromatic rings. The van der Waals surface area contributed by atoms with E-state index in [2.05, 4.69) is 37.1 Å². The first-order chi connectivity index (χ1) is 8.71. The highest BCUT2D eigenvalue weighted by Crippen LogP contribution is 2.20. The van der Waals surface area contributed by atoms with Gasteiger partial charge in [0.05, 0.1) is 7.11 Å². The van der Waals surface area contributed by atoms with E-state index < -0.39 is 0 Å². The van der Waals surface area contributed by atoms with Crippen LogP contribution >= 0.6 is 0 Å². The lowest BCUT2D eigenvalue weighted by Crippen LogP contribution is -2.19. The fraction of sp³-hybridized carbons (Fsp3) is 0.600. The average Bonchev–Trinajstić information content (AvgIpc) is 2.39. The summed E-state index contributed by atoms with van der Waals surface area (Å²) in [7, 11) is 3.86. The first-order valence-corrected chi connectivity index (χ1v) is 6.75. The molecule has 1 aromatic carbocycles. The molecule has 102 valence electrons. The third-order valence-corrected chi connectivity index (χ3v) is 3.17. The van der Waals surface area contributed by atoms with E-state index >= 15 is 0 Å². The molecule has 18 heavy (non-hydrogen) atoms. The van der Waals surface area contributed by atoms with E-state index in [4.69, 9.17) is 10.5 Å². The molecule has 0 spiro atoms. The Hall–Kier alpha value is -1.06. The summed E-state index contributed by atoms with van der Waals surface area (Å²) in [5.41, 5.74) is 8.01. The number of unbranched alkanes of at least 4 members (excludes halogenated alkanes) is 2. The van der Waals surface area contributed by atoms with Crippen molar-refractivity contribution >= 4 is 0 Å². The summed E-state index contributed by atoms with van der Waals surface area (Å²) in [4.78, 5) is 2.35. The fourth-order valence-corrected chi connectivity index (χ4v) is 2.08. The number of hydrogen-bond acceptors (Lipinski definition) is 3. The van der Waals surface area contributed by atoms with Gasteiger partial charge in [-0.2, -0.15) is 0 Å². The second-order valence-corrected chi connectivity index (χ2v) is 4.80. The van der Waals surface area contributed by atoms with Crippen molar-refractivity contribution in [2.24, 2.45) is 5.73 Å². The van der Waals surface area contributed by atoms with Crippen molar-refractivity contribution in [1.29, 1.82) is 0 Å². The molecule has 0 aliphatic rings. The van der Waals surface area contributed by atoms with Crippen molar-refractivity contribution in [3.05, 3.63) is 29.3 Å². The second-order valence-electron chi connectivity index (χ2n) is 4.80. The Morgan fingerprint density at radius 2 is 2.06 bits per heavy atom. The van der Waals surface area contributed by atoms with Gasteiger partial charge in [0.1, 0.15) is 5.75 Å². The molecule has 0 heterocycles. The summed E-state index contributed by atoms with van der Waals surface area (Å²) in [5, 5.41) is 0. The number of rotatable bonds is 8. The molecule has 3 nitrogen and oxygen atoms in total. The summed E-state index contributed by atoms with van der Waals surface area (Å²) < 4.78 is 5.36. The summed E-state index contributed by atoms with van der Waals surface area (Å²) in [6.07, 6.45) is 3.84. The fourth-order valence-electron chi connectivity index (χ4n) is 2.08. The van der Waals surface area contributed by atoms with Crippen LogP contribution in [0.4, 0.5) is 0 Å². The predicted octanol–water partition coefficient (Wildman–Crippen LogP) is 2.78. The maximum absolute atomic E-state index is 5.67. The largest absolute Gasteiger partial charge is 0.496 e. The zero-order chi connectivity index (χ0) is 13.4. The summed E-state index contributed by atoms with van der Waals surface area (Å²) in [5.74, 6) is 0.900. The van der Waals surface area contributed by atoms with Crippen LogP contribution in [0.5, 0.6) is 5.75 Å². The minimum Gasteiger partial charge on any atom is -0.496 e. The van der Waals surface area contributed by atoms with Gasteiger partial charge in [0.2, 0.25) is 0 Å². The number of ether oxygens (including phenoxy) is 1. The highest BCUT2D eigenvalue weighted by Gasteiger charge is 2.05. The summed E-state index contributed by atoms with van der Waals surface area (Å²) in [6.45, 7) is 4.87. The molecule has 0 fully saturated rings. The van der Waals surface area contributed by atoms with Crippen molar-refractivity contribution in [3.63, 3.8) is 0 Å². The molecule has 0 amide bonds. The molecule has 0 aromatic heterocycles. The number of nitrogens with two attached hydrogens (primary N) is 1. The molecule has 2 N–H and O–H groups in total. The van der Waals surface area contributed by atoms with E-state index in [-0.39, 0.29) is 0 Å². The highest BCUT2D eigenvalue weighted by atomic mass is 16.5. The van der Waals surface area contributed by atoms with Crippen LogP contribution in [-0.4, -0.2) is 25.6 Å². The molecule has 0 bridgehead atoms. The molecule has 0 aliphatic carbocycles. The van der Waals surface area contributed by atoms with Crippen LogP contribution < -0.4 is 10.5 Å². The Morgan fingerprint density at radius 1 is 1.28 bits per heavy atom. The van der Waals surface area contributed by atoms with Crippen molar-refractivity contribution in [1.82, 2.24) is 4.90 Å². The number of nitrogens with zero attached hydrogens (tertiary/aromatic N) is 1. The van der Waals surface area contributed by atoms with E-state index in [0.717, 1.165) is 24.4 Å². The van der Waals surface area contributed by atoms with E-state index in [9.17, 15) is 0 Å². The van der Waals surface area contributed by atoms with E-state index in [1.54, 1.807) is 7.11 Å². The van der Waals surface area contributed by atoms with Gasteiger partial charge < -0.3 is 15.4 Å². The highest BCUT2D eigenvalue weighted by molar-refractivity contribution is 5.37. The maximum Gasteiger partial charge on any atom is 0.123 e. The first-order valence-electron chi connectivity index (χ1n) is 6.75. The normalized spacial score (nSPS) is 10.9. The molecule has 3 heteroatoms. The lowest BCUT2D eigenvalue weighted by atomic mass is 10.1. The van der Waals surface area contributed by atoms with Gasteiger partial charge in [0, 0.05) is 18.7 Å². The van der Waals surface area contributed by atoms with Crippen LogP contribution in [0.3, 0.4) is 0 Å². The lowest BCUT2D eigenvalue weighted by molar-refractivity contribution is 0.317. The van der Waals surface area contributed by atoms with Crippen molar-refractivity contribution in [2.75, 3.05) is 20.7 Å². The van der Waals surface area contributed by atoms with Crippen LogP contribution in [0.2, 0.25) is 0 Å². The molecule has 0 saturated heterocycles. The molecule has 0 aliphatic heterocycles. The van der Waals surface area contributed by atoms with Crippen LogP contribution in [0, 0.1) is 0 Å². The Labute approximate surface area is 111 Å². The monoisotopic (exact) mass is 250 g/mol. The van der Waals surface area contributed by atoms with Gasteiger partial charge in [0.15, 0.2) is 0 Å². The van der Waals surface area contributed by atoms with Crippen molar-refractivity contribution in [2.45, 2.75) is 39.3 Å². The predicted molar refractivity (Wildman–Crippen MR) is 76.7 cm³/mol. The quantitative estimate of drug-likeness (QED) is 0.721. The van der Waals surface area contributed by atoms with E-state index in [1.165, 1.54) is 24.8 Å².